The maximum Gasteiger partial charge on any atom is 0.127 e. The summed E-state index contributed by atoms with van der Waals surface area (Å²) < 4.78 is 0.868. The Kier molecular flexibility index (Phi) is 5.77. The molecule has 0 aromatic carbocycles. The third-order valence-electron chi connectivity index (χ3n) is 2.83. The molecule has 1 atom stereocenters. The van der Waals surface area contributed by atoms with E-state index in [1.165, 1.54) is 6.42 Å². The second-order valence-corrected chi connectivity index (χ2v) is 4.82. The van der Waals surface area contributed by atoms with Gasteiger partial charge in [0.05, 0.1) is 0 Å². The molecule has 1 heterocycles. The number of halogens is 1. The van der Waals surface area contributed by atoms with Gasteiger partial charge in [0.25, 0.3) is 0 Å². The number of hydrogen-bond acceptors (Lipinski definition) is 3. The predicted octanol–water partition coefficient (Wildman–Crippen LogP) is 2.99. The molecular formula is C12H20BrN3. The van der Waals surface area contributed by atoms with Crippen molar-refractivity contribution in [3.05, 3.63) is 22.8 Å². The van der Waals surface area contributed by atoms with Gasteiger partial charge in [-0.2, -0.15) is 0 Å². The van der Waals surface area contributed by atoms with Gasteiger partial charge in [-0.25, -0.2) is 4.98 Å². The molecule has 90 valence electrons. The van der Waals surface area contributed by atoms with Crippen LogP contribution in [0.5, 0.6) is 0 Å². The molecule has 0 bridgehead atoms. The van der Waals surface area contributed by atoms with Crippen LogP contribution in [0.15, 0.2) is 22.8 Å². The van der Waals surface area contributed by atoms with Crippen molar-refractivity contribution < 1.29 is 0 Å². The maximum absolute atomic E-state index is 4.32. The minimum absolute atomic E-state index is 0.636. The van der Waals surface area contributed by atoms with Crippen molar-refractivity contribution in [3.63, 3.8) is 0 Å². The summed E-state index contributed by atoms with van der Waals surface area (Å²) in [6.07, 6.45) is 1.19. The second-order valence-electron chi connectivity index (χ2n) is 4.01. The Morgan fingerprint density at radius 3 is 2.88 bits per heavy atom. The lowest BCUT2D eigenvalue weighted by Gasteiger charge is -2.23. The normalized spacial score (nSPS) is 12.8. The van der Waals surface area contributed by atoms with Crippen molar-refractivity contribution in [1.29, 1.82) is 0 Å². The van der Waals surface area contributed by atoms with Gasteiger partial charge in [0, 0.05) is 19.1 Å². The third-order valence-corrected chi connectivity index (χ3v) is 3.27. The van der Waals surface area contributed by atoms with Crippen LogP contribution in [0, 0.1) is 0 Å². The van der Waals surface area contributed by atoms with Crippen molar-refractivity contribution in [1.82, 2.24) is 9.88 Å². The van der Waals surface area contributed by atoms with Crippen LogP contribution in [0.1, 0.15) is 20.3 Å². The molecule has 1 N–H and O–H groups in total. The Balaban J connectivity index is 2.30. The van der Waals surface area contributed by atoms with E-state index in [0.29, 0.717) is 6.04 Å². The molecule has 0 amide bonds. The van der Waals surface area contributed by atoms with Crippen molar-refractivity contribution >= 4 is 21.7 Å². The molecule has 0 fully saturated rings. The molecule has 16 heavy (non-hydrogen) atoms. The highest BCUT2D eigenvalue weighted by Gasteiger charge is 2.05. The Bertz CT molecular complexity index is 317. The lowest BCUT2D eigenvalue weighted by atomic mass is 10.2. The maximum atomic E-state index is 4.32. The number of nitrogens with one attached hydrogen (secondary N) is 1. The van der Waals surface area contributed by atoms with Crippen LogP contribution in [0.4, 0.5) is 5.82 Å². The van der Waals surface area contributed by atoms with Gasteiger partial charge < -0.3 is 10.2 Å². The molecule has 1 aromatic heterocycles. The number of anilines is 1. The van der Waals surface area contributed by atoms with Crippen molar-refractivity contribution in [3.8, 4) is 0 Å². The smallest absolute Gasteiger partial charge is 0.127 e. The molecule has 0 spiro atoms. The minimum atomic E-state index is 0.636. The van der Waals surface area contributed by atoms with Gasteiger partial charge in [0.2, 0.25) is 0 Å². The first-order chi connectivity index (χ1) is 7.63. The number of rotatable bonds is 6. The van der Waals surface area contributed by atoms with Crippen LogP contribution >= 0.6 is 15.9 Å². The molecule has 4 heteroatoms. The number of aromatic nitrogens is 1. The van der Waals surface area contributed by atoms with Crippen LogP contribution in [0.2, 0.25) is 0 Å². The number of nitrogens with zero attached hydrogens (tertiary/aromatic N) is 2. The predicted molar refractivity (Wildman–Crippen MR) is 72.8 cm³/mol. The van der Waals surface area contributed by atoms with Crippen LogP contribution in [0.25, 0.3) is 0 Å². The van der Waals surface area contributed by atoms with Crippen molar-refractivity contribution in [2.75, 3.05) is 25.5 Å². The highest BCUT2D eigenvalue weighted by molar-refractivity contribution is 9.10. The third kappa shape index (κ3) is 4.49. The van der Waals surface area contributed by atoms with E-state index in [-0.39, 0.29) is 0 Å². The van der Waals surface area contributed by atoms with Crippen LogP contribution < -0.4 is 5.32 Å². The number of hydrogen-bond donors (Lipinski definition) is 1. The van der Waals surface area contributed by atoms with Gasteiger partial charge in [-0.1, -0.05) is 13.0 Å². The van der Waals surface area contributed by atoms with Gasteiger partial charge in [-0.15, -0.1) is 0 Å². The van der Waals surface area contributed by atoms with Crippen LogP contribution in [-0.4, -0.2) is 36.1 Å². The van der Waals surface area contributed by atoms with Gasteiger partial charge >= 0.3 is 0 Å². The molecule has 1 rings (SSSR count). The fourth-order valence-corrected chi connectivity index (χ4v) is 1.74. The van der Waals surface area contributed by atoms with Gasteiger partial charge in [-0.3, -0.25) is 0 Å². The van der Waals surface area contributed by atoms with Gasteiger partial charge in [0.1, 0.15) is 10.4 Å². The fourth-order valence-electron chi connectivity index (χ4n) is 1.40. The van der Waals surface area contributed by atoms with E-state index < -0.39 is 0 Å². The Morgan fingerprint density at radius 1 is 1.50 bits per heavy atom. The summed E-state index contributed by atoms with van der Waals surface area (Å²) in [7, 11) is 2.16. The SMILES string of the molecule is CCC(C)N(C)CCNc1cccc(Br)n1. The van der Waals surface area contributed by atoms with Gasteiger partial charge in [0.15, 0.2) is 0 Å². The van der Waals surface area contributed by atoms with Crippen molar-refractivity contribution in [2.24, 2.45) is 0 Å². The lowest BCUT2D eigenvalue weighted by Crippen LogP contribution is -2.32. The molecule has 1 aromatic rings. The van der Waals surface area contributed by atoms with E-state index >= 15 is 0 Å². The quantitative estimate of drug-likeness (QED) is 0.815. The topological polar surface area (TPSA) is 28.2 Å². The molecule has 3 nitrogen and oxygen atoms in total. The zero-order valence-corrected chi connectivity index (χ0v) is 11.8. The largest absolute Gasteiger partial charge is 0.369 e. The molecular weight excluding hydrogens is 266 g/mol. The molecule has 0 aliphatic rings. The Labute approximate surface area is 106 Å². The summed E-state index contributed by atoms with van der Waals surface area (Å²) in [5.74, 6) is 0.923. The molecule has 0 aliphatic heterocycles. The lowest BCUT2D eigenvalue weighted by molar-refractivity contribution is 0.261. The Hall–Kier alpha value is -0.610. The molecule has 0 aliphatic carbocycles. The fraction of sp³-hybridized carbons (Fsp3) is 0.583. The van der Waals surface area contributed by atoms with E-state index in [9.17, 15) is 0 Å². The van der Waals surface area contributed by atoms with E-state index in [0.717, 1.165) is 23.5 Å². The Morgan fingerprint density at radius 2 is 2.25 bits per heavy atom. The highest BCUT2D eigenvalue weighted by Crippen LogP contribution is 2.09. The average molecular weight is 286 g/mol. The van der Waals surface area contributed by atoms with Crippen LogP contribution in [-0.2, 0) is 0 Å². The van der Waals surface area contributed by atoms with E-state index in [1.807, 2.05) is 18.2 Å². The number of likely N-dealkylation sites (N-methyl/N-ethyl adjacent to an activating group) is 1. The van der Waals surface area contributed by atoms with Gasteiger partial charge in [-0.05, 0) is 48.5 Å². The molecule has 0 saturated carbocycles. The monoisotopic (exact) mass is 285 g/mol. The average Bonchev–Trinajstić information content (AvgIpc) is 2.28. The molecule has 0 saturated heterocycles. The summed E-state index contributed by atoms with van der Waals surface area (Å²) in [6, 6.07) is 6.53. The van der Waals surface area contributed by atoms with E-state index in [1.54, 1.807) is 0 Å². The second kappa shape index (κ2) is 6.86. The highest BCUT2D eigenvalue weighted by atomic mass is 79.9. The molecule has 0 radical (unpaired) electrons. The summed E-state index contributed by atoms with van der Waals surface area (Å²) in [5, 5.41) is 3.31. The zero-order valence-electron chi connectivity index (χ0n) is 10.2. The first-order valence-electron chi connectivity index (χ1n) is 5.70. The van der Waals surface area contributed by atoms with Crippen LogP contribution in [0.3, 0.4) is 0 Å². The summed E-state index contributed by atoms with van der Waals surface area (Å²) >= 11 is 3.36. The summed E-state index contributed by atoms with van der Waals surface area (Å²) in [6.45, 7) is 6.41. The zero-order chi connectivity index (χ0) is 12.0. The number of pyridine rings is 1. The van der Waals surface area contributed by atoms with E-state index in [4.69, 9.17) is 0 Å². The van der Waals surface area contributed by atoms with E-state index in [2.05, 4.69) is 52.0 Å². The summed E-state index contributed by atoms with van der Waals surface area (Å²) in [5.41, 5.74) is 0. The standard InChI is InChI=1S/C12H20BrN3/c1-4-10(2)16(3)9-8-14-12-7-5-6-11(13)15-12/h5-7,10H,4,8-9H2,1-3H3,(H,14,15). The first kappa shape index (κ1) is 13.5. The minimum Gasteiger partial charge on any atom is -0.369 e. The molecule has 1 unspecified atom stereocenters. The van der Waals surface area contributed by atoms with Crippen molar-refractivity contribution in [2.45, 2.75) is 26.3 Å². The summed E-state index contributed by atoms with van der Waals surface area (Å²) in [4.78, 5) is 6.67. The first-order valence-corrected chi connectivity index (χ1v) is 6.49.